The minimum atomic E-state index is -3.31. The maximum absolute atomic E-state index is 12.9. The summed E-state index contributed by atoms with van der Waals surface area (Å²) in [6.45, 7) is 0.638. The molecule has 1 saturated carbocycles. The van der Waals surface area contributed by atoms with Gasteiger partial charge in [-0.15, -0.1) is 0 Å². The van der Waals surface area contributed by atoms with Gasteiger partial charge in [0.25, 0.3) is 5.91 Å². The van der Waals surface area contributed by atoms with Crippen molar-refractivity contribution in [1.29, 1.82) is 0 Å². The number of amides is 1. The minimum Gasteiger partial charge on any atom is -0.308 e. The molecule has 0 saturated heterocycles. The Hall–Kier alpha value is -2.34. The number of hydrogen-bond acceptors (Lipinski definition) is 3. The number of nitrogens with zero attached hydrogens (tertiary/aromatic N) is 1. The van der Waals surface area contributed by atoms with Gasteiger partial charge in [-0.2, -0.15) is 0 Å². The topological polar surface area (TPSA) is 66.5 Å². The molecule has 5 nitrogen and oxygen atoms in total. The highest BCUT2D eigenvalue weighted by Gasteiger charge is 2.36. The fourth-order valence-corrected chi connectivity index (χ4v) is 4.59. The van der Waals surface area contributed by atoms with Crippen LogP contribution >= 0.6 is 0 Å². The number of anilines is 2. The first-order valence-corrected chi connectivity index (χ1v) is 10.1. The summed E-state index contributed by atoms with van der Waals surface area (Å²) in [5.74, 6) is -0.0521. The third kappa shape index (κ3) is 3.26. The lowest BCUT2D eigenvalue weighted by molar-refractivity contribution is 0.0985. The summed E-state index contributed by atoms with van der Waals surface area (Å²) >= 11 is 0. The Balaban J connectivity index is 1.65. The number of carbonyl (C=O) groups is 1. The quantitative estimate of drug-likeness (QED) is 0.915. The molecule has 1 heterocycles. The lowest BCUT2D eigenvalue weighted by Gasteiger charge is -2.30. The van der Waals surface area contributed by atoms with Crippen LogP contribution in [0, 0.1) is 0 Å². The molecule has 2 aliphatic rings. The predicted molar refractivity (Wildman–Crippen MR) is 98.4 cm³/mol. The van der Waals surface area contributed by atoms with Crippen molar-refractivity contribution in [3.63, 3.8) is 0 Å². The van der Waals surface area contributed by atoms with E-state index >= 15 is 0 Å². The lowest BCUT2D eigenvalue weighted by atomic mass is 10.00. The third-order valence-electron chi connectivity index (χ3n) is 4.69. The SMILES string of the molecule is O=C(c1ccccc1)N1CCCc2ccc(NS(=O)(=O)C3CC3)cc21. The third-order valence-corrected chi connectivity index (χ3v) is 6.56. The van der Waals surface area contributed by atoms with Gasteiger partial charge in [0.05, 0.1) is 10.9 Å². The average Bonchev–Trinajstić information content (AvgIpc) is 3.47. The van der Waals surface area contributed by atoms with Gasteiger partial charge in [0.15, 0.2) is 0 Å². The van der Waals surface area contributed by atoms with E-state index in [1.54, 1.807) is 29.2 Å². The highest BCUT2D eigenvalue weighted by molar-refractivity contribution is 7.93. The molecule has 0 aromatic heterocycles. The van der Waals surface area contributed by atoms with E-state index < -0.39 is 10.0 Å². The lowest BCUT2D eigenvalue weighted by Crippen LogP contribution is -2.35. The molecule has 0 unspecified atom stereocenters. The van der Waals surface area contributed by atoms with E-state index in [1.165, 1.54) is 0 Å². The normalized spacial score (nSPS) is 17.0. The van der Waals surface area contributed by atoms with Gasteiger partial charge in [0.1, 0.15) is 0 Å². The molecule has 0 atom stereocenters. The summed E-state index contributed by atoms with van der Waals surface area (Å²) in [5, 5.41) is -0.273. The highest BCUT2D eigenvalue weighted by Crippen LogP contribution is 2.34. The number of sulfonamides is 1. The molecule has 2 aromatic rings. The maximum atomic E-state index is 12.9. The van der Waals surface area contributed by atoms with Crippen molar-refractivity contribution in [3.8, 4) is 0 Å². The summed E-state index contributed by atoms with van der Waals surface area (Å²) in [5.41, 5.74) is 3.04. The molecule has 1 N–H and O–H groups in total. The zero-order chi connectivity index (χ0) is 17.4. The van der Waals surface area contributed by atoms with Gasteiger partial charge in [0, 0.05) is 17.8 Å². The highest BCUT2D eigenvalue weighted by atomic mass is 32.2. The number of benzene rings is 2. The minimum absolute atomic E-state index is 0.0521. The fourth-order valence-electron chi connectivity index (χ4n) is 3.21. The van der Waals surface area contributed by atoms with Gasteiger partial charge < -0.3 is 4.90 Å². The van der Waals surface area contributed by atoms with Crippen LogP contribution in [0.2, 0.25) is 0 Å². The number of fused-ring (bicyclic) bond motifs is 1. The Bertz CT molecular complexity index is 906. The molecule has 0 spiro atoms. The Labute approximate surface area is 147 Å². The second-order valence-corrected chi connectivity index (χ2v) is 8.58. The van der Waals surface area contributed by atoms with Gasteiger partial charge in [-0.05, 0) is 55.5 Å². The van der Waals surface area contributed by atoms with Crippen LogP contribution in [0.25, 0.3) is 0 Å². The number of rotatable bonds is 4. The number of hydrogen-bond donors (Lipinski definition) is 1. The maximum Gasteiger partial charge on any atom is 0.258 e. The number of nitrogens with one attached hydrogen (secondary N) is 1. The Kier molecular flexibility index (Phi) is 4.00. The predicted octanol–water partition coefficient (Wildman–Crippen LogP) is 3.18. The van der Waals surface area contributed by atoms with E-state index in [1.807, 2.05) is 24.3 Å². The average molecular weight is 356 g/mol. The summed E-state index contributed by atoms with van der Waals surface area (Å²) in [6, 6.07) is 14.7. The molecule has 1 aliphatic heterocycles. The van der Waals surface area contributed by atoms with Gasteiger partial charge in [-0.25, -0.2) is 8.42 Å². The molecule has 1 amide bonds. The van der Waals surface area contributed by atoms with Crippen molar-refractivity contribution in [3.05, 3.63) is 59.7 Å². The van der Waals surface area contributed by atoms with Crippen molar-refractivity contribution in [1.82, 2.24) is 0 Å². The second-order valence-electron chi connectivity index (χ2n) is 6.62. The molecule has 2 aromatic carbocycles. The summed E-state index contributed by atoms with van der Waals surface area (Å²) < 4.78 is 27.0. The van der Waals surface area contributed by atoms with E-state index in [0.29, 0.717) is 17.8 Å². The molecule has 6 heteroatoms. The van der Waals surface area contributed by atoms with Gasteiger partial charge in [0.2, 0.25) is 10.0 Å². The van der Waals surface area contributed by atoms with Crippen molar-refractivity contribution < 1.29 is 13.2 Å². The molecule has 0 bridgehead atoms. The van der Waals surface area contributed by atoms with E-state index in [2.05, 4.69) is 4.72 Å². The molecule has 1 aliphatic carbocycles. The molecule has 130 valence electrons. The smallest absolute Gasteiger partial charge is 0.258 e. The Morgan fingerprint density at radius 2 is 1.84 bits per heavy atom. The zero-order valence-corrected chi connectivity index (χ0v) is 14.6. The largest absolute Gasteiger partial charge is 0.308 e. The van der Waals surface area contributed by atoms with Crippen LogP contribution in [0.1, 0.15) is 35.2 Å². The van der Waals surface area contributed by atoms with E-state index in [9.17, 15) is 13.2 Å². The summed E-state index contributed by atoms with van der Waals surface area (Å²) in [4.78, 5) is 14.6. The molecular weight excluding hydrogens is 336 g/mol. The Morgan fingerprint density at radius 3 is 2.56 bits per heavy atom. The van der Waals surface area contributed by atoms with Crippen LogP contribution in [-0.2, 0) is 16.4 Å². The van der Waals surface area contributed by atoms with Crippen LogP contribution in [-0.4, -0.2) is 26.1 Å². The van der Waals surface area contributed by atoms with Crippen LogP contribution in [0.3, 0.4) is 0 Å². The van der Waals surface area contributed by atoms with Crippen LogP contribution < -0.4 is 9.62 Å². The molecular formula is C19H20N2O3S. The first-order chi connectivity index (χ1) is 12.0. The van der Waals surface area contributed by atoms with Crippen molar-refractivity contribution in [2.24, 2.45) is 0 Å². The molecule has 0 radical (unpaired) electrons. The van der Waals surface area contributed by atoms with Crippen LogP contribution in [0.5, 0.6) is 0 Å². The van der Waals surface area contributed by atoms with Gasteiger partial charge in [-0.1, -0.05) is 24.3 Å². The first-order valence-electron chi connectivity index (χ1n) is 8.56. The zero-order valence-electron chi connectivity index (χ0n) is 13.8. The van der Waals surface area contributed by atoms with E-state index in [-0.39, 0.29) is 11.2 Å². The van der Waals surface area contributed by atoms with Crippen LogP contribution in [0.4, 0.5) is 11.4 Å². The monoisotopic (exact) mass is 356 g/mol. The van der Waals surface area contributed by atoms with Crippen LogP contribution in [0.15, 0.2) is 48.5 Å². The second kappa shape index (κ2) is 6.19. The standard InChI is InChI=1S/C19H20N2O3S/c22-19(15-5-2-1-3-6-15)21-12-4-7-14-8-9-16(13-18(14)21)20-25(23,24)17-10-11-17/h1-3,5-6,8-9,13,17,20H,4,7,10-12H2. The summed E-state index contributed by atoms with van der Waals surface area (Å²) in [6.07, 6.45) is 3.24. The fraction of sp³-hybridized carbons (Fsp3) is 0.316. The molecule has 25 heavy (non-hydrogen) atoms. The Morgan fingerprint density at radius 1 is 1.08 bits per heavy atom. The number of carbonyl (C=O) groups excluding carboxylic acids is 1. The van der Waals surface area contributed by atoms with Crippen molar-refractivity contribution in [2.45, 2.75) is 30.9 Å². The van der Waals surface area contributed by atoms with Crippen molar-refractivity contribution in [2.75, 3.05) is 16.2 Å². The molecule has 4 rings (SSSR count). The first kappa shape index (κ1) is 16.1. The molecule has 1 fully saturated rings. The number of aryl methyl sites for hydroxylation is 1. The van der Waals surface area contributed by atoms with E-state index in [0.717, 1.165) is 36.9 Å². The summed E-state index contributed by atoms with van der Waals surface area (Å²) in [7, 11) is -3.31. The van der Waals surface area contributed by atoms with E-state index in [4.69, 9.17) is 0 Å². The van der Waals surface area contributed by atoms with Gasteiger partial charge in [-0.3, -0.25) is 9.52 Å². The van der Waals surface area contributed by atoms with Gasteiger partial charge >= 0.3 is 0 Å². The van der Waals surface area contributed by atoms with Crippen molar-refractivity contribution >= 4 is 27.3 Å².